The second kappa shape index (κ2) is 4.75. The predicted molar refractivity (Wildman–Crippen MR) is 53.5 cm³/mol. The second-order valence-electron chi connectivity index (χ2n) is 3.88. The summed E-state index contributed by atoms with van der Waals surface area (Å²) in [6, 6.07) is 0. The van der Waals surface area contributed by atoms with E-state index in [1.165, 1.54) is 0 Å². The van der Waals surface area contributed by atoms with Crippen LogP contribution in [0.3, 0.4) is 0 Å². The molecule has 0 aromatic rings. The lowest BCUT2D eigenvalue weighted by molar-refractivity contribution is -0.145. The molecule has 0 fully saturated rings. The highest BCUT2D eigenvalue weighted by molar-refractivity contribution is 7.82. The zero-order valence-electron chi connectivity index (χ0n) is 8.26. The molecule has 0 spiro atoms. The SMILES string of the molecule is CC(C)CCOC(=O)C(C)(C)S. The minimum atomic E-state index is -0.670. The van der Waals surface area contributed by atoms with E-state index in [0.29, 0.717) is 12.5 Å². The topological polar surface area (TPSA) is 26.3 Å². The summed E-state index contributed by atoms with van der Waals surface area (Å²) in [4.78, 5) is 11.1. The van der Waals surface area contributed by atoms with Crippen LogP contribution >= 0.6 is 12.6 Å². The average molecular weight is 190 g/mol. The summed E-state index contributed by atoms with van der Waals surface area (Å²) in [6.07, 6.45) is 0.912. The lowest BCUT2D eigenvalue weighted by atomic mass is 10.1. The Balaban J connectivity index is 3.59. The maximum absolute atomic E-state index is 11.1. The number of hydrogen-bond donors (Lipinski definition) is 1. The fourth-order valence-electron chi connectivity index (χ4n) is 0.564. The van der Waals surface area contributed by atoms with Gasteiger partial charge in [0.05, 0.1) is 6.61 Å². The molecule has 0 saturated heterocycles. The highest BCUT2D eigenvalue weighted by atomic mass is 32.1. The molecule has 0 aliphatic heterocycles. The van der Waals surface area contributed by atoms with Crippen LogP contribution in [0, 0.1) is 5.92 Å². The first-order valence-electron chi connectivity index (χ1n) is 4.23. The van der Waals surface area contributed by atoms with Crippen LogP contribution in [0.15, 0.2) is 0 Å². The average Bonchev–Trinajstić information content (AvgIpc) is 1.84. The number of ether oxygens (including phenoxy) is 1. The van der Waals surface area contributed by atoms with E-state index in [9.17, 15) is 4.79 Å². The Hall–Kier alpha value is -0.180. The van der Waals surface area contributed by atoms with Crippen molar-refractivity contribution in [2.45, 2.75) is 38.9 Å². The number of hydrogen-bond acceptors (Lipinski definition) is 3. The van der Waals surface area contributed by atoms with E-state index in [1.807, 2.05) is 0 Å². The Kier molecular flexibility index (Phi) is 4.68. The van der Waals surface area contributed by atoms with Crippen LogP contribution in [0.4, 0.5) is 0 Å². The first kappa shape index (κ1) is 11.8. The van der Waals surface area contributed by atoms with Gasteiger partial charge in [-0.25, -0.2) is 0 Å². The number of esters is 1. The van der Waals surface area contributed by atoms with E-state index in [0.717, 1.165) is 6.42 Å². The lowest BCUT2D eigenvalue weighted by Crippen LogP contribution is -2.27. The minimum absolute atomic E-state index is 0.244. The van der Waals surface area contributed by atoms with Crippen LogP contribution in [0.5, 0.6) is 0 Å². The molecule has 0 unspecified atom stereocenters. The summed E-state index contributed by atoms with van der Waals surface area (Å²) in [5.74, 6) is 0.326. The van der Waals surface area contributed by atoms with Crippen molar-refractivity contribution < 1.29 is 9.53 Å². The molecule has 0 aromatic carbocycles. The molecule has 0 rings (SSSR count). The summed E-state index contributed by atoms with van der Waals surface area (Å²) in [6.45, 7) is 8.15. The zero-order chi connectivity index (χ0) is 9.78. The summed E-state index contributed by atoms with van der Waals surface area (Å²) in [5.41, 5.74) is 0. The van der Waals surface area contributed by atoms with Crippen molar-refractivity contribution in [2.75, 3.05) is 6.61 Å². The minimum Gasteiger partial charge on any atom is -0.465 e. The number of carbonyl (C=O) groups is 1. The van der Waals surface area contributed by atoms with Gasteiger partial charge in [-0.3, -0.25) is 4.79 Å². The van der Waals surface area contributed by atoms with Crippen LogP contribution in [0.2, 0.25) is 0 Å². The summed E-state index contributed by atoms with van der Waals surface area (Å²) >= 11 is 4.10. The molecular formula is C9H18O2S. The van der Waals surface area contributed by atoms with Gasteiger partial charge >= 0.3 is 5.97 Å². The fourth-order valence-corrected chi connectivity index (χ4v) is 0.628. The Morgan fingerprint density at radius 3 is 2.33 bits per heavy atom. The van der Waals surface area contributed by atoms with Crippen molar-refractivity contribution in [3.8, 4) is 0 Å². The van der Waals surface area contributed by atoms with Crippen molar-refractivity contribution in [3.05, 3.63) is 0 Å². The van der Waals surface area contributed by atoms with Gasteiger partial charge in [0.1, 0.15) is 4.75 Å². The van der Waals surface area contributed by atoms with Crippen molar-refractivity contribution in [1.82, 2.24) is 0 Å². The van der Waals surface area contributed by atoms with Gasteiger partial charge in [-0.05, 0) is 26.2 Å². The zero-order valence-corrected chi connectivity index (χ0v) is 9.15. The first-order valence-corrected chi connectivity index (χ1v) is 4.68. The van der Waals surface area contributed by atoms with Crippen LogP contribution in [0.1, 0.15) is 34.1 Å². The monoisotopic (exact) mass is 190 g/mol. The van der Waals surface area contributed by atoms with Crippen LogP contribution < -0.4 is 0 Å². The van der Waals surface area contributed by atoms with E-state index in [2.05, 4.69) is 26.5 Å². The Morgan fingerprint density at radius 1 is 1.50 bits per heavy atom. The fraction of sp³-hybridized carbons (Fsp3) is 0.889. The third-order valence-electron chi connectivity index (χ3n) is 1.43. The molecule has 72 valence electrons. The van der Waals surface area contributed by atoms with Crippen molar-refractivity contribution in [3.63, 3.8) is 0 Å². The maximum Gasteiger partial charge on any atom is 0.321 e. The number of thiol groups is 1. The standard InChI is InChI=1S/C9H18O2S/c1-7(2)5-6-11-8(10)9(3,4)12/h7,12H,5-6H2,1-4H3. The Morgan fingerprint density at radius 2 is 2.00 bits per heavy atom. The van der Waals surface area contributed by atoms with Gasteiger partial charge < -0.3 is 4.74 Å². The first-order chi connectivity index (χ1) is 5.34. The Labute approximate surface area is 80.1 Å². The number of carbonyl (C=O) groups excluding carboxylic acids is 1. The van der Waals surface area contributed by atoms with Gasteiger partial charge in [0, 0.05) is 0 Å². The van der Waals surface area contributed by atoms with Crippen molar-refractivity contribution in [2.24, 2.45) is 5.92 Å². The van der Waals surface area contributed by atoms with Crippen LogP contribution in [-0.4, -0.2) is 17.3 Å². The summed E-state index contributed by atoms with van der Waals surface area (Å²) < 4.78 is 4.33. The van der Waals surface area contributed by atoms with Crippen LogP contribution in [-0.2, 0) is 9.53 Å². The normalized spacial score (nSPS) is 11.8. The third-order valence-corrected chi connectivity index (χ3v) is 1.61. The number of rotatable bonds is 4. The van der Waals surface area contributed by atoms with E-state index in [1.54, 1.807) is 13.8 Å². The van der Waals surface area contributed by atoms with Crippen LogP contribution in [0.25, 0.3) is 0 Å². The third kappa shape index (κ3) is 5.47. The van der Waals surface area contributed by atoms with Gasteiger partial charge in [0.25, 0.3) is 0 Å². The molecule has 0 heterocycles. The molecular weight excluding hydrogens is 172 g/mol. The van der Waals surface area contributed by atoms with Crippen molar-refractivity contribution >= 4 is 18.6 Å². The smallest absolute Gasteiger partial charge is 0.321 e. The molecule has 12 heavy (non-hydrogen) atoms. The predicted octanol–water partition coefficient (Wildman–Crippen LogP) is 2.28. The molecule has 0 N–H and O–H groups in total. The molecule has 0 saturated carbocycles. The summed E-state index contributed by atoms with van der Waals surface area (Å²) in [7, 11) is 0. The molecule has 0 amide bonds. The van der Waals surface area contributed by atoms with Gasteiger partial charge in [-0.15, -0.1) is 0 Å². The van der Waals surface area contributed by atoms with E-state index >= 15 is 0 Å². The molecule has 0 aliphatic rings. The molecule has 3 heteroatoms. The molecule has 2 nitrogen and oxygen atoms in total. The second-order valence-corrected chi connectivity index (χ2v) is 5.00. The van der Waals surface area contributed by atoms with Gasteiger partial charge in [0.2, 0.25) is 0 Å². The van der Waals surface area contributed by atoms with E-state index in [4.69, 9.17) is 4.74 Å². The van der Waals surface area contributed by atoms with E-state index < -0.39 is 4.75 Å². The maximum atomic E-state index is 11.1. The van der Waals surface area contributed by atoms with Gasteiger partial charge in [-0.2, -0.15) is 12.6 Å². The molecule has 0 atom stereocenters. The molecule has 0 bridgehead atoms. The molecule has 0 aromatic heterocycles. The Bertz CT molecular complexity index is 147. The molecule has 0 radical (unpaired) electrons. The lowest BCUT2D eigenvalue weighted by Gasteiger charge is -2.16. The van der Waals surface area contributed by atoms with Crippen molar-refractivity contribution in [1.29, 1.82) is 0 Å². The van der Waals surface area contributed by atoms with Gasteiger partial charge in [0.15, 0.2) is 0 Å². The highest BCUT2D eigenvalue weighted by Gasteiger charge is 2.23. The quantitative estimate of drug-likeness (QED) is 0.544. The molecule has 0 aliphatic carbocycles. The highest BCUT2D eigenvalue weighted by Crippen LogP contribution is 2.14. The summed E-state index contributed by atoms with van der Waals surface area (Å²) in [5, 5.41) is 0. The van der Waals surface area contributed by atoms with Gasteiger partial charge in [-0.1, -0.05) is 13.8 Å². The van der Waals surface area contributed by atoms with E-state index in [-0.39, 0.29) is 5.97 Å². The largest absolute Gasteiger partial charge is 0.465 e.